The molecule has 1 aliphatic rings. The first-order valence-electron chi connectivity index (χ1n) is 9.35. The fourth-order valence-corrected chi connectivity index (χ4v) is 3.49. The molecule has 4 rings (SSSR count). The zero-order valence-electron chi connectivity index (χ0n) is 15.5. The van der Waals surface area contributed by atoms with Crippen LogP contribution >= 0.6 is 0 Å². The molecule has 1 aliphatic heterocycles. The van der Waals surface area contributed by atoms with Crippen LogP contribution in [0.3, 0.4) is 0 Å². The Morgan fingerprint density at radius 1 is 1.11 bits per heavy atom. The van der Waals surface area contributed by atoms with Crippen LogP contribution in [0.5, 0.6) is 0 Å². The van der Waals surface area contributed by atoms with E-state index in [0.717, 1.165) is 18.7 Å². The number of nitrogens with one attached hydrogen (secondary N) is 1. The van der Waals surface area contributed by atoms with Crippen LogP contribution in [0, 0.1) is 0 Å². The number of ether oxygens (including phenoxy) is 1. The smallest absolute Gasteiger partial charge is 0.270 e. The van der Waals surface area contributed by atoms with Gasteiger partial charge in [-0.15, -0.1) is 0 Å². The summed E-state index contributed by atoms with van der Waals surface area (Å²) in [6.07, 6.45) is 2.96. The van der Waals surface area contributed by atoms with Crippen molar-refractivity contribution < 1.29 is 9.53 Å². The van der Waals surface area contributed by atoms with Gasteiger partial charge in [0.15, 0.2) is 0 Å². The molecular weight excluding hydrogens is 356 g/mol. The van der Waals surface area contributed by atoms with Crippen LogP contribution in [0.15, 0.2) is 65.7 Å². The molecule has 0 spiro atoms. The molecular formula is C21H22N4O3. The minimum atomic E-state index is -0.412. The third-order valence-corrected chi connectivity index (χ3v) is 4.98. The number of amides is 1. The Bertz CT molecular complexity index is 1010. The van der Waals surface area contributed by atoms with Gasteiger partial charge in [0.25, 0.3) is 11.5 Å². The highest BCUT2D eigenvalue weighted by molar-refractivity contribution is 5.93. The summed E-state index contributed by atoms with van der Waals surface area (Å²) in [6, 6.07) is 15.3. The lowest BCUT2D eigenvalue weighted by Gasteiger charge is -2.34. The Morgan fingerprint density at radius 2 is 1.86 bits per heavy atom. The lowest BCUT2D eigenvalue weighted by atomic mass is 10.0. The van der Waals surface area contributed by atoms with Gasteiger partial charge in [0.05, 0.1) is 19.3 Å². The van der Waals surface area contributed by atoms with E-state index in [1.54, 1.807) is 24.4 Å². The Kier molecular flexibility index (Phi) is 5.45. The zero-order chi connectivity index (χ0) is 19.3. The Hall–Kier alpha value is -3.03. The maximum atomic E-state index is 12.7. The summed E-state index contributed by atoms with van der Waals surface area (Å²) in [5.74, 6) is -0.412. The van der Waals surface area contributed by atoms with Gasteiger partial charge in [-0.2, -0.15) is 0 Å². The summed E-state index contributed by atoms with van der Waals surface area (Å²) in [5, 5.41) is 2.93. The molecule has 0 radical (unpaired) electrons. The molecule has 1 unspecified atom stereocenters. The number of morpholine rings is 1. The van der Waals surface area contributed by atoms with E-state index >= 15 is 0 Å². The topological polar surface area (TPSA) is 75.9 Å². The molecule has 0 aliphatic carbocycles. The molecule has 7 heteroatoms. The molecule has 144 valence electrons. The molecule has 3 aromatic rings. The predicted molar refractivity (Wildman–Crippen MR) is 105 cm³/mol. The van der Waals surface area contributed by atoms with Crippen LogP contribution in [0.25, 0.3) is 5.65 Å². The van der Waals surface area contributed by atoms with Crippen LogP contribution in [0.4, 0.5) is 0 Å². The van der Waals surface area contributed by atoms with Gasteiger partial charge in [-0.1, -0.05) is 36.4 Å². The predicted octanol–water partition coefficient (Wildman–Crippen LogP) is 1.50. The molecule has 0 saturated carbocycles. The second-order valence-electron chi connectivity index (χ2n) is 6.69. The summed E-state index contributed by atoms with van der Waals surface area (Å²) in [5.41, 5.74) is 1.31. The average Bonchev–Trinajstić information content (AvgIpc) is 2.76. The lowest BCUT2D eigenvalue weighted by Crippen LogP contribution is -2.44. The number of nitrogens with zero attached hydrogens (tertiary/aromatic N) is 3. The van der Waals surface area contributed by atoms with Gasteiger partial charge < -0.3 is 10.1 Å². The number of carbonyl (C=O) groups is 1. The van der Waals surface area contributed by atoms with Crippen molar-refractivity contribution >= 4 is 11.6 Å². The molecule has 0 bridgehead atoms. The highest BCUT2D eigenvalue weighted by Crippen LogP contribution is 2.21. The SMILES string of the molecule is O=C(NCC(c1ccccc1)N1CCOCC1)c1cnc2ccccn2c1=O. The number of pyridine rings is 1. The normalized spacial score (nSPS) is 16.0. The minimum absolute atomic E-state index is 0.0187. The van der Waals surface area contributed by atoms with Gasteiger partial charge in [-0.05, 0) is 17.7 Å². The second-order valence-corrected chi connectivity index (χ2v) is 6.69. The highest BCUT2D eigenvalue weighted by Gasteiger charge is 2.24. The molecule has 7 nitrogen and oxygen atoms in total. The number of benzene rings is 1. The Balaban J connectivity index is 1.54. The van der Waals surface area contributed by atoms with Crippen LogP contribution in [0.2, 0.25) is 0 Å². The van der Waals surface area contributed by atoms with E-state index in [0.29, 0.717) is 25.4 Å². The summed E-state index contributed by atoms with van der Waals surface area (Å²) in [7, 11) is 0. The van der Waals surface area contributed by atoms with E-state index in [2.05, 4.69) is 27.3 Å². The average molecular weight is 378 g/mol. The van der Waals surface area contributed by atoms with Crippen LogP contribution in [-0.4, -0.2) is 53.0 Å². The molecule has 28 heavy (non-hydrogen) atoms. The van der Waals surface area contributed by atoms with Crippen molar-refractivity contribution in [2.24, 2.45) is 0 Å². The van der Waals surface area contributed by atoms with Crippen molar-refractivity contribution in [2.75, 3.05) is 32.8 Å². The van der Waals surface area contributed by atoms with Gasteiger partial charge in [0, 0.05) is 32.0 Å². The number of hydrogen-bond acceptors (Lipinski definition) is 5. The first-order chi connectivity index (χ1) is 13.7. The Labute approximate surface area is 162 Å². The van der Waals surface area contributed by atoms with Gasteiger partial charge >= 0.3 is 0 Å². The molecule has 1 N–H and O–H groups in total. The zero-order valence-corrected chi connectivity index (χ0v) is 15.5. The van der Waals surface area contributed by atoms with Gasteiger partial charge in [-0.25, -0.2) is 4.98 Å². The van der Waals surface area contributed by atoms with Crippen molar-refractivity contribution in [3.05, 3.63) is 82.4 Å². The van der Waals surface area contributed by atoms with Gasteiger partial charge in [-0.3, -0.25) is 18.9 Å². The van der Waals surface area contributed by atoms with E-state index in [1.165, 1.54) is 10.6 Å². The summed E-state index contributed by atoms with van der Waals surface area (Å²) < 4.78 is 6.84. The third-order valence-electron chi connectivity index (χ3n) is 4.98. The maximum Gasteiger partial charge on any atom is 0.270 e. The van der Waals surface area contributed by atoms with Crippen molar-refractivity contribution in [1.29, 1.82) is 0 Å². The summed E-state index contributed by atoms with van der Waals surface area (Å²) >= 11 is 0. The number of hydrogen-bond donors (Lipinski definition) is 1. The van der Waals surface area contributed by atoms with Gasteiger partial charge in [0.2, 0.25) is 0 Å². The molecule has 1 atom stereocenters. The third kappa shape index (κ3) is 3.81. The molecule has 3 heterocycles. The Morgan fingerprint density at radius 3 is 2.64 bits per heavy atom. The fourth-order valence-electron chi connectivity index (χ4n) is 3.49. The maximum absolute atomic E-state index is 12.7. The molecule has 1 amide bonds. The van der Waals surface area contributed by atoms with E-state index in [4.69, 9.17) is 4.74 Å². The highest BCUT2D eigenvalue weighted by atomic mass is 16.5. The first-order valence-corrected chi connectivity index (χ1v) is 9.35. The molecule has 1 fully saturated rings. The number of aromatic nitrogens is 2. The number of carbonyl (C=O) groups excluding carboxylic acids is 1. The van der Waals surface area contributed by atoms with Crippen LogP contribution < -0.4 is 10.9 Å². The van der Waals surface area contributed by atoms with Crippen molar-refractivity contribution in [3.8, 4) is 0 Å². The summed E-state index contributed by atoms with van der Waals surface area (Å²) in [4.78, 5) is 31.9. The van der Waals surface area contributed by atoms with E-state index in [1.807, 2.05) is 18.2 Å². The van der Waals surface area contributed by atoms with Crippen molar-refractivity contribution in [2.45, 2.75) is 6.04 Å². The van der Waals surface area contributed by atoms with Crippen molar-refractivity contribution in [3.63, 3.8) is 0 Å². The van der Waals surface area contributed by atoms with E-state index < -0.39 is 5.91 Å². The standard InChI is InChI=1S/C21H22N4O3/c26-20(17-14-22-19-8-4-5-9-25(19)21(17)27)23-15-18(16-6-2-1-3-7-16)24-10-12-28-13-11-24/h1-9,14,18H,10-13,15H2,(H,23,26). The monoisotopic (exact) mass is 378 g/mol. The number of rotatable bonds is 5. The second kappa shape index (κ2) is 8.33. The van der Waals surface area contributed by atoms with Crippen molar-refractivity contribution in [1.82, 2.24) is 19.6 Å². The molecule has 1 aromatic carbocycles. The van der Waals surface area contributed by atoms with E-state index in [-0.39, 0.29) is 17.2 Å². The number of fused-ring (bicyclic) bond motifs is 1. The lowest BCUT2D eigenvalue weighted by molar-refractivity contribution is 0.0162. The fraction of sp³-hybridized carbons (Fsp3) is 0.286. The van der Waals surface area contributed by atoms with E-state index in [9.17, 15) is 9.59 Å². The minimum Gasteiger partial charge on any atom is -0.379 e. The largest absolute Gasteiger partial charge is 0.379 e. The quantitative estimate of drug-likeness (QED) is 0.728. The van der Waals surface area contributed by atoms with Crippen LogP contribution in [-0.2, 0) is 4.74 Å². The summed E-state index contributed by atoms with van der Waals surface area (Å²) in [6.45, 7) is 3.35. The molecule has 2 aromatic heterocycles. The van der Waals surface area contributed by atoms with Gasteiger partial charge in [0.1, 0.15) is 11.2 Å². The van der Waals surface area contributed by atoms with Crippen LogP contribution in [0.1, 0.15) is 22.0 Å². The molecule has 1 saturated heterocycles. The first kappa shape index (κ1) is 18.3.